The van der Waals surface area contributed by atoms with Crippen LogP contribution in [0.25, 0.3) is 12.2 Å². The van der Waals surface area contributed by atoms with E-state index in [0.29, 0.717) is 11.5 Å². The van der Waals surface area contributed by atoms with E-state index < -0.39 is 23.3 Å². The normalized spacial score (nSPS) is 17.7. The molecule has 35 heavy (non-hydrogen) atoms. The first kappa shape index (κ1) is 26.5. The summed E-state index contributed by atoms with van der Waals surface area (Å²) in [5.74, 6) is -3.11. The summed E-state index contributed by atoms with van der Waals surface area (Å²) in [4.78, 5) is 0. The Bertz CT molecular complexity index is 1130. The molecule has 1 fully saturated rings. The van der Waals surface area contributed by atoms with Crippen LogP contribution in [0.1, 0.15) is 80.5 Å². The molecule has 0 amide bonds. The van der Waals surface area contributed by atoms with E-state index in [2.05, 4.69) is 0 Å². The summed E-state index contributed by atoms with van der Waals surface area (Å²) in [5, 5.41) is 0. The van der Waals surface area contributed by atoms with Crippen molar-refractivity contribution in [3.8, 4) is 5.75 Å². The van der Waals surface area contributed by atoms with Gasteiger partial charge in [-0.3, -0.25) is 0 Å². The number of hydrogen-bond donors (Lipinski definition) is 0. The molecule has 5 heteroatoms. The van der Waals surface area contributed by atoms with Crippen molar-refractivity contribution >= 4 is 12.2 Å². The summed E-state index contributed by atoms with van der Waals surface area (Å²) < 4.78 is 61.1. The fraction of sp³-hybridized carbons (Fsp3) is 0.333. The minimum atomic E-state index is -0.904. The van der Waals surface area contributed by atoms with Gasteiger partial charge in [-0.05, 0) is 73.3 Å². The Kier molecular flexibility index (Phi) is 9.53. The van der Waals surface area contributed by atoms with E-state index in [-0.39, 0.29) is 23.8 Å². The molecule has 0 aliphatic heterocycles. The number of hydrogen-bond acceptors (Lipinski definition) is 1. The Labute approximate surface area is 205 Å². The van der Waals surface area contributed by atoms with Gasteiger partial charge in [0.2, 0.25) is 5.82 Å². The summed E-state index contributed by atoms with van der Waals surface area (Å²) in [6.07, 6.45) is 6.67. The first-order valence-corrected chi connectivity index (χ1v) is 12.3. The van der Waals surface area contributed by atoms with Gasteiger partial charge < -0.3 is 4.74 Å². The Morgan fingerprint density at radius 2 is 1.40 bits per heavy atom. The number of ether oxygens (including phenoxy) is 1. The monoisotopic (exact) mass is 484 g/mol. The number of halogens is 4. The quantitative estimate of drug-likeness (QED) is 0.250. The second-order valence-corrected chi connectivity index (χ2v) is 8.41. The number of benzene rings is 3. The molecule has 0 N–H and O–H groups in total. The van der Waals surface area contributed by atoms with E-state index in [9.17, 15) is 17.6 Å². The van der Waals surface area contributed by atoms with Gasteiger partial charge in [0.25, 0.3) is 0 Å². The van der Waals surface area contributed by atoms with Crippen LogP contribution in [0.3, 0.4) is 0 Å². The highest BCUT2D eigenvalue weighted by Crippen LogP contribution is 2.42. The van der Waals surface area contributed by atoms with Crippen molar-refractivity contribution in [1.82, 2.24) is 0 Å². The van der Waals surface area contributed by atoms with Crippen LogP contribution in [0.15, 0.2) is 54.6 Å². The van der Waals surface area contributed by atoms with Gasteiger partial charge in [-0.15, -0.1) is 0 Å². The topological polar surface area (TPSA) is 9.23 Å². The van der Waals surface area contributed by atoms with Crippen molar-refractivity contribution < 1.29 is 22.3 Å². The predicted octanol–water partition coefficient (Wildman–Crippen LogP) is 9.28. The molecule has 0 bridgehead atoms. The minimum Gasteiger partial charge on any atom is -0.491 e. The lowest BCUT2D eigenvalue weighted by Crippen LogP contribution is -2.14. The zero-order valence-electron chi connectivity index (χ0n) is 20.5. The maximum absolute atomic E-state index is 14.6. The molecule has 0 heterocycles. The Morgan fingerprint density at radius 3 is 2.06 bits per heavy atom. The zero-order chi connectivity index (χ0) is 25.4. The maximum atomic E-state index is 14.6. The molecular formula is C30H32F4O. The molecular weight excluding hydrogens is 452 g/mol. The lowest BCUT2D eigenvalue weighted by molar-refractivity contribution is 0.310. The van der Waals surface area contributed by atoms with E-state index in [0.717, 1.165) is 37.3 Å². The van der Waals surface area contributed by atoms with Crippen LogP contribution >= 0.6 is 0 Å². The molecule has 1 aliphatic rings. The van der Waals surface area contributed by atoms with Crippen LogP contribution in [0.4, 0.5) is 17.6 Å². The van der Waals surface area contributed by atoms with Gasteiger partial charge in [0, 0.05) is 5.56 Å². The van der Waals surface area contributed by atoms with Crippen LogP contribution in [0, 0.1) is 23.3 Å². The number of rotatable bonds is 6. The molecule has 1 aliphatic carbocycles. The summed E-state index contributed by atoms with van der Waals surface area (Å²) in [7, 11) is 0. The lowest BCUT2D eigenvalue weighted by atomic mass is 9.76. The van der Waals surface area contributed by atoms with Gasteiger partial charge in [-0.2, -0.15) is 4.39 Å². The molecule has 0 aromatic heterocycles. The molecule has 1 saturated carbocycles. The van der Waals surface area contributed by atoms with Crippen molar-refractivity contribution in [2.45, 2.75) is 58.3 Å². The smallest absolute Gasteiger partial charge is 0.200 e. The average molecular weight is 485 g/mol. The second-order valence-electron chi connectivity index (χ2n) is 8.41. The minimum absolute atomic E-state index is 0.00482. The molecule has 0 atom stereocenters. The third-order valence-electron chi connectivity index (χ3n) is 6.39. The molecule has 0 saturated heterocycles. The standard InChI is InChI=1S/C28H26F4O.C2H6/c1-2-33-25-17-16-23(27(31)28(25)32)21-14-12-20(13-15-21)19-9-6-18(7-10-19)8-11-22-4-3-5-24(29)26(22)30;1-2/h3-11,16-17,20-21H,2,12-15H2,1H3;1-2H3/b11-8+;. The molecule has 3 aromatic rings. The van der Waals surface area contributed by atoms with E-state index in [1.165, 1.54) is 23.8 Å². The fourth-order valence-corrected chi connectivity index (χ4v) is 4.58. The molecule has 0 unspecified atom stereocenters. The van der Waals surface area contributed by atoms with Crippen molar-refractivity contribution in [2.24, 2.45) is 0 Å². The highest BCUT2D eigenvalue weighted by molar-refractivity contribution is 5.70. The fourth-order valence-electron chi connectivity index (χ4n) is 4.58. The van der Waals surface area contributed by atoms with Crippen molar-refractivity contribution in [2.75, 3.05) is 6.61 Å². The molecule has 0 radical (unpaired) electrons. The zero-order valence-corrected chi connectivity index (χ0v) is 20.5. The maximum Gasteiger partial charge on any atom is 0.200 e. The average Bonchev–Trinajstić information content (AvgIpc) is 2.90. The summed E-state index contributed by atoms with van der Waals surface area (Å²) in [6.45, 7) is 6.02. The third-order valence-corrected chi connectivity index (χ3v) is 6.39. The van der Waals surface area contributed by atoms with Gasteiger partial charge in [0.15, 0.2) is 23.2 Å². The van der Waals surface area contributed by atoms with Crippen LogP contribution in [-0.2, 0) is 0 Å². The molecule has 3 aromatic carbocycles. The van der Waals surface area contributed by atoms with Crippen molar-refractivity contribution in [1.29, 1.82) is 0 Å². The molecule has 186 valence electrons. The largest absolute Gasteiger partial charge is 0.491 e. The Balaban J connectivity index is 0.00000167. The molecule has 4 rings (SSSR count). The van der Waals surface area contributed by atoms with Gasteiger partial charge in [-0.1, -0.05) is 68.5 Å². The summed E-state index contributed by atoms with van der Waals surface area (Å²) in [5.41, 5.74) is 2.72. The van der Waals surface area contributed by atoms with Gasteiger partial charge in [0.05, 0.1) is 6.61 Å². The summed E-state index contributed by atoms with van der Waals surface area (Å²) in [6, 6.07) is 15.3. The van der Waals surface area contributed by atoms with Crippen LogP contribution in [0.2, 0.25) is 0 Å². The van der Waals surface area contributed by atoms with E-state index >= 15 is 0 Å². The first-order chi connectivity index (χ1) is 17.0. The van der Waals surface area contributed by atoms with E-state index in [4.69, 9.17) is 4.74 Å². The van der Waals surface area contributed by atoms with Gasteiger partial charge >= 0.3 is 0 Å². The van der Waals surface area contributed by atoms with E-state index in [1.54, 1.807) is 25.1 Å². The Hall–Kier alpha value is -3.08. The van der Waals surface area contributed by atoms with Crippen LogP contribution < -0.4 is 4.74 Å². The van der Waals surface area contributed by atoms with Crippen molar-refractivity contribution in [3.63, 3.8) is 0 Å². The highest BCUT2D eigenvalue weighted by Gasteiger charge is 2.27. The van der Waals surface area contributed by atoms with Crippen LogP contribution in [0.5, 0.6) is 5.75 Å². The predicted molar refractivity (Wildman–Crippen MR) is 135 cm³/mol. The molecule has 1 nitrogen and oxygen atoms in total. The summed E-state index contributed by atoms with van der Waals surface area (Å²) >= 11 is 0. The highest BCUT2D eigenvalue weighted by atomic mass is 19.2. The lowest BCUT2D eigenvalue weighted by Gasteiger charge is -2.29. The third kappa shape index (κ3) is 6.33. The van der Waals surface area contributed by atoms with Gasteiger partial charge in [0.1, 0.15) is 0 Å². The van der Waals surface area contributed by atoms with Crippen molar-refractivity contribution in [3.05, 3.63) is 100 Å². The Morgan fingerprint density at radius 1 is 0.743 bits per heavy atom. The second kappa shape index (κ2) is 12.6. The SMILES string of the molecule is CC.CCOc1ccc(C2CCC(c3ccc(/C=C/c4cccc(F)c4F)cc3)CC2)c(F)c1F. The van der Waals surface area contributed by atoms with Crippen LogP contribution in [-0.4, -0.2) is 6.61 Å². The van der Waals surface area contributed by atoms with Gasteiger partial charge in [-0.25, -0.2) is 13.2 Å². The van der Waals surface area contributed by atoms with E-state index in [1.807, 2.05) is 38.1 Å². The molecule has 0 spiro atoms. The first-order valence-electron chi connectivity index (χ1n) is 12.3.